The lowest BCUT2D eigenvalue weighted by atomic mass is 10.0. The van der Waals surface area contributed by atoms with Crippen LogP contribution < -0.4 is 10.6 Å². The average molecular weight is 444 g/mol. The van der Waals surface area contributed by atoms with Crippen LogP contribution in [0.15, 0.2) is 24.4 Å². The Balaban J connectivity index is 2.10. The van der Waals surface area contributed by atoms with Crippen molar-refractivity contribution in [3.05, 3.63) is 40.7 Å². The quantitative estimate of drug-likeness (QED) is 0.591. The number of carbonyl (C=O) groups excluding carboxylic acids is 2. The van der Waals surface area contributed by atoms with E-state index in [2.05, 4.69) is 25.1 Å². The summed E-state index contributed by atoms with van der Waals surface area (Å²) in [6.45, 7) is 4.94. The van der Waals surface area contributed by atoms with E-state index in [0.717, 1.165) is 6.26 Å². The Morgan fingerprint density at radius 1 is 1.28 bits per heavy atom. The van der Waals surface area contributed by atoms with Crippen LogP contribution >= 0.6 is 11.6 Å². The van der Waals surface area contributed by atoms with Crippen LogP contribution in [-0.4, -0.2) is 48.1 Å². The molecule has 0 radical (unpaired) electrons. The minimum Gasteiger partial charge on any atom is -0.341 e. The first-order valence-electron chi connectivity index (χ1n) is 8.51. The molecular formula is C17H22ClN5O5S. The van der Waals surface area contributed by atoms with Gasteiger partial charge in [-0.2, -0.15) is 8.42 Å². The number of aromatic nitrogens is 3. The fraction of sp³-hybridized carbons (Fsp3) is 0.412. The van der Waals surface area contributed by atoms with Gasteiger partial charge in [0.25, 0.3) is 16.0 Å². The molecule has 0 saturated carbocycles. The Morgan fingerprint density at radius 2 is 1.97 bits per heavy atom. The lowest BCUT2D eigenvalue weighted by molar-refractivity contribution is -0.114. The van der Waals surface area contributed by atoms with Crippen molar-refractivity contribution in [1.29, 1.82) is 0 Å². The number of rotatable bonds is 8. The molecule has 0 spiro atoms. The monoisotopic (exact) mass is 443 g/mol. The van der Waals surface area contributed by atoms with Crippen molar-refractivity contribution in [2.24, 2.45) is 0 Å². The van der Waals surface area contributed by atoms with Gasteiger partial charge in [-0.05, 0) is 32.0 Å². The van der Waals surface area contributed by atoms with Gasteiger partial charge in [0.15, 0.2) is 0 Å². The SMILES string of the molecule is CC(=O)Nc1cc(Cl)cc(C(=O)NC(C)(C)c2cn(CCOS(C)(=O)=O)nn2)c1. The molecule has 1 aromatic carbocycles. The fourth-order valence-electron chi connectivity index (χ4n) is 2.39. The summed E-state index contributed by atoms with van der Waals surface area (Å²) in [7, 11) is -3.53. The lowest BCUT2D eigenvalue weighted by Crippen LogP contribution is -2.41. The van der Waals surface area contributed by atoms with Gasteiger partial charge in [0, 0.05) is 23.2 Å². The molecule has 2 amide bonds. The van der Waals surface area contributed by atoms with Gasteiger partial charge < -0.3 is 10.6 Å². The van der Waals surface area contributed by atoms with Crippen molar-refractivity contribution in [1.82, 2.24) is 20.3 Å². The molecule has 0 aliphatic rings. The highest BCUT2D eigenvalue weighted by Gasteiger charge is 2.27. The first kappa shape index (κ1) is 22.8. The van der Waals surface area contributed by atoms with E-state index in [1.54, 1.807) is 20.0 Å². The summed E-state index contributed by atoms with van der Waals surface area (Å²) in [6, 6.07) is 4.53. The summed E-state index contributed by atoms with van der Waals surface area (Å²) in [4.78, 5) is 23.9. The number of halogens is 1. The molecule has 0 aliphatic carbocycles. The third-order valence-corrected chi connectivity index (χ3v) is 4.52. The Kier molecular flexibility index (Phi) is 6.98. The minimum absolute atomic E-state index is 0.0805. The molecule has 0 unspecified atom stereocenters. The topological polar surface area (TPSA) is 132 Å². The number of amides is 2. The highest BCUT2D eigenvalue weighted by atomic mass is 35.5. The number of nitrogens with one attached hydrogen (secondary N) is 2. The van der Waals surface area contributed by atoms with Crippen molar-refractivity contribution in [2.45, 2.75) is 32.9 Å². The van der Waals surface area contributed by atoms with Crippen LogP contribution in [0.2, 0.25) is 5.02 Å². The second kappa shape index (κ2) is 8.89. The number of anilines is 1. The van der Waals surface area contributed by atoms with Gasteiger partial charge in [-0.1, -0.05) is 16.8 Å². The number of benzene rings is 1. The predicted molar refractivity (Wildman–Crippen MR) is 107 cm³/mol. The zero-order valence-corrected chi connectivity index (χ0v) is 18.0. The van der Waals surface area contributed by atoms with E-state index >= 15 is 0 Å². The average Bonchev–Trinajstić information content (AvgIpc) is 3.01. The van der Waals surface area contributed by atoms with Crippen molar-refractivity contribution < 1.29 is 22.2 Å². The molecule has 0 saturated heterocycles. The Hall–Kier alpha value is -2.50. The summed E-state index contributed by atoms with van der Waals surface area (Å²) < 4.78 is 28.1. The fourth-order valence-corrected chi connectivity index (χ4v) is 3.00. The molecule has 1 aromatic heterocycles. The van der Waals surface area contributed by atoms with Gasteiger partial charge in [0.1, 0.15) is 5.69 Å². The highest BCUT2D eigenvalue weighted by molar-refractivity contribution is 7.85. The van der Waals surface area contributed by atoms with Gasteiger partial charge in [0.05, 0.1) is 31.1 Å². The van der Waals surface area contributed by atoms with E-state index in [1.807, 2.05) is 0 Å². The van der Waals surface area contributed by atoms with Gasteiger partial charge in [-0.25, -0.2) is 4.68 Å². The Labute approximate surface area is 173 Å². The van der Waals surface area contributed by atoms with Crippen LogP contribution in [0.4, 0.5) is 5.69 Å². The van der Waals surface area contributed by atoms with Crippen LogP contribution in [0.25, 0.3) is 0 Å². The molecule has 10 nitrogen and oxygen atoms in total. The molecule has 29 heavy (non-hydrogen) atoms. The molecular weight excluding hydrogens is 422 g/mol. The Bertz CT molecular complexity index is 1020. The maximum Gasteiger partial charge on any atom is 0.264 e. The predicted octanol–water partition coefficient (Wildman–Crippen LogP) is 1.53. The molecule has 2 aromatic rings. The molecule has 0 fully saturated rings. The van der Waals surface area contributed by atoms with Crippen LogP contribution in [0.5, 0.6) is 0 Å². The summed E-state index contributed by atoms with van der Waals surface area (Å²) in [5, 5.41) is 13.7. The molecule has 12 heteroatoms. The van der Waals surface area contributed by atoms with Gasteiger partial charge >= 0.3 is 0 Å². The van der Waals surface area contributed by atoms with Crippen LogP contribution in [0.1, 0.15) is 36.8 Å². The zero-order valence-electron chi connectivity index (χ0n) is 16.4. The van der Waals surface area contributed by atoms with Crippen molar-refractivity contribution >= 4 is 39.2 Å². The second-order valence-electron chi connectivity index (χ2n) is 6.88. The van der Waals surface area contributed by atoms with E-state index in [4.69, 9.17) is 11.6 Å². The summed E-state index contributed by atoms with van der Waals surface area (Å²) in [5.41, 5.74) is 0.256. The van der Waals surface area contributed by atoms with Crippen LogP contribution in [-0.2, 0) is 31.2 Å². The molecule has 0 bridgehead atoms. The molecule has 2 N–H and O–H groups in total. The first-order valence-corrected chi connectivity index (χ1v) is 10.7. The molecule has 158 valence electrons. The van der Waals surface area contributed by atoms with E-state index < -0.39 is 21.6 Å². The zero-order chi connectivity index (χ0) is 21.8. The third-order valence-electron chi connectivity index (χ3n) is 3.70. The summed E-state index contributed by atoms with van der Waals surface area (Å²) in [6.07, 6.45) is 2.55. The lowest BCUT2D eigenvalue weighted by Gasteiger charge is -2.24. The largest absolute Gasteiger partial charge is 0.341 e. The van der Waals surface area contributed by atoms with Crippen molar-refractivity contribution in [3.8, 4) is 0 Å². The third kappa shape index (κ3) is 7.11. The Morgan fingerprint density at radius 3 is 2.59 bits per heavy atom. The highest BCUT2D eigenvalue weighted by Crippen LogP contribution is 2.22. The second-order valence-corrected chi connectivity index (χ2v) is 8.96. The summed E-state index contributed by atoms with van der Waals surface area (Å²) in [5.74, 6) is -0.700. The standard InChI is InChI=1S/C17H22ClN5O5S/c1-11(24)19-14-8-12(7-13(18)9-14)16(25)20-17(2,3)15-10-23(22-21-15)5-6-28-29(4,26)27/h7-10H,5-6H2,1-4H3,(H,19,24)(H,20,25). The number of nitrogens with zero attached hydrogens (tertiary/aromatic N) is 3. The van der Waals surface area contributed by atoms with E-state index in [9.17, 15) is 18.0 Å². The maximum atomic E-state index is 12.7. The summed E-state index contributed by atoms with van der Waals surface area (Å²) >= 11 is 6.04. The van der Waals surface area contributed by atoms with Crippen molar-refractivity contribution in [3.63, 3.8) is 0 Å². The molecule has 1 heterocycles. The molecule has 0 aliphatic heterocycles. The normalized spacial score (nSPS) is 11.9. The van der Waals surface area contributed by atoms with Crippen LogP contribution in [0.3, 0.4) is 0 Å². The van der Waals surface area contributed by atoms with E-state index in [1.165, 1.54) is 29.8 Å². The molecule has 0 atom stereocenters. The van der Waals surface area contributed by atoms with E-state index in [0.29, 0.717) is 16.4 Å². The number of hydrogen-bond donors (Lipinski definition) is 2. The van der Waals surface area contributed by atoms with Crippen molar-refractivity contribution in [2.75, 3.05) is 18.2 Å². The minimum atomic E-state index is -3.53. The number of carbonyl (C=O) groups is 2. The number of hydrogen-bond acceptors (Lipinski definition) is 7. The van der Waals surface area contributed by atoms with Crippen LogP contribution in [0, 0.1) is 0 Å². The first-order chi connectivity index (χ1) is 13.4. The molecule has 2 rings (SSSR count). The maximum absolute atomic E-state index is 12.7. The van der Waals surface area contributed by atoms with Gasteiger partial charge in [-0.3, -0.25) is 13.8 Å². The van der Waals surface area contributed by atoms with Gasteiger partial charge in [0.2, 0.25) is 5.91 Å². The smallest absolute Gasteiger partial charge is 0.264 e. The van der Waals surface area contributed by atoms with E-state index in [-0.39, 0.29) is 24.6 Å². The van der Waals surface area contributed by atoms with Gasteiger partial charge in [-0.15, -0.1) is 5.10 Å².